The number of likely N-dealkylation sites (N-methyl/N-ethyl adjacent to an activating group) is 1. The van der Waals surface area contributed by atoms with Gasteiger partial charge in [0.05, 0.1) is 0 Å². The second-order valence-corrected chi connectivity index (χ2v) is 5.76. The molecular formula is C16H24N2O2. The Kier molecular flexibility index (Phi) is 5.62. The third kappa shape index (κ3) is 6.27. The minimum absolute atomic E-state index is 0.438. The molecule has 0 unspecified atom stereocenters. The SMILES string of the molecule is Cc1ccc(N(C)C/C=C/NC(=O)OC(C)(C)C)cc1. The number of hydrogen-bond acceptors (Lipinski definition) is 3. The Morgan fingerprint density at radius 3 is 2.45 bits per heavy atom. The van der Waals surface area contributed by atoms with Crippen LogP contribution in [-0.2, 0) is 4.74 Å². The number of carbonyl (C=O) groups excluding carboxylic acids is 1. The van der Waals surface area contributed by atoms with Crippen LogP contribution in [0.5, 0.6) is 0 Å². The maximum atomic E-state index is 11.4. The Bertz CT molecular complexity index is 458. The van der Waals surface area contributed by atoms with Crippen molar-refractivity contribution in [3.8, 4) is 0 Å². The van der Waals surface area contributed by atoms with Crippen LogP contribution in [0.3, 0.4) is 0 Å². The van der Waals surface area contributed by atoms with Crippen LogP contribution >= 0.6 is 0 Å². The van der Waals surface area contributed by atoms with Gasteiger partial charge in [0.15, 0.2) is 0 Å². The maximum absolute atomic E-state index is 11.4. The zero-order valence-corrected chi connectivity index (χ0v) is 12.9. The normalized spacial score (nSPS) is 11.4. The Hall–Kier alpha value is -1.97. The van der Waals surface area contributed by atoms with E-state index in [0.29, 0.717) is 6.54 Å². The topological polar surface area (TPSA) is 41.6 Å². The highest BCUT2D eigenvalue weighted by molar-refractivity contribution is 5.68. The summed E-state index contributed by atoms with van der Waals surface area (Å²) in [5.74, 6) is 0. The van der Waals surface area contributed by atoms with Crippen LogP contribution < -0.4 is 10.2 Å². The van der Waals surface area contributed by atoms with Crippen LogP contribution in [0.15, 0.2) is 36.5 Å². The van der Waals surface area contributed by atoms with Crippen LogP contribution in [0, 0.1) is 6.92 Å². The molecule has 0 atom stereocenters. The van der Waals surface area contributed by atoms with Crippen molar-refractivity contribution in [3.63, 3.8) is 0 Å². The van der Waals surface area contributed by atoms with Crippen LogP contribution in [-0.4, -0.2) is 25.3 Å². The highest BCUT2D eigenvalue weighted by Gasteiger charge is 2.14. The van der Waals surface area contributed by atoms with E-state index in [1.165, 1.54) is 5.56 Å². The Morgan fingerprint density at radius 2 is 1.90 bits per heavy atom. The number of alkyl carbamates (subject to hydrolysis) is 1. The number of benzene rings is 1. The fraction of sp³-hybridized carbons (Fsp3) is 0.438. The van der Waals surface area contributed by atoms with Crippen molar-refractivity contribution >= 4 is 11.8 Å². The molecule has 0 aliphatic carbocycles. The van der Waals surface area contributed by atoms with E-state index in [9.17, 15) is 4.79 Å². The van der Waals surface area contributed by atoms with Gasteiger partial charge in [0.1, 0.15) is 5.60 Å². The molecule has 1 amide bonds. The fourth-order valence-electron chi connectivity index (χ4n) is 1.55. The van der Waals surface area contributed by atoms with E-state index in [1.54, 1.807) is 6.20 Å². The second-order valence-electron chi connectivity index (χ2n) is 5.76. The quantitative estimate of drug-likeness (QED) is 0.915. The molecule has 0 aliphatic heterocycles. The van der Waals surface area contributed by atoms with Crippen LogP contribution in [0.4, 0.5) is 10.5 Å². The van der Waals surface area contributed by atoms with Crippen LogP contribution in [0.1, 0.15) is 26.3 Å². The Labute approximate surface area is 121 Å². The minimum atomic E-state index is -0.476. The zero-order valence-electron chi connectivity index (χ0n) is 12.9. The molecule has 1 aromatic rings. The van der Waals surface area contributed by atoms with E-state index in [4.69, 9.17) is 4.74 Å². The van der Waals surface area contributed by atoms with E-state index in [0.717, 1.165) is 5.69 Å². The first-order valence-electron chi connectivity index (χ1n) is 6.70. The van der Waals surface area contributed by atoms with Crippen molar-refractivity contribution in [1.82, 2.24) is 5.32 Å². The summed E-state index contributed by atoms with van der Waals surface area (Å²) in [5.41, 5.74) is 1.90. The summed E-state index contributed by atoms with van der Waals surface area (Å²) in [4.78, 5) is 13.5. The summed E-state index contributed by atoms with van der Waals surface area (Å²) in [7, 11) is 2.00. The van der Waals surface area contributed by atoms with Gasteiger partial charge in [0.25, 0.3) is 0 Å². The molecule has 0 saturated heterocycles. The first-order chi connectivity index (χ1) is 9.28. The lowest BCUT2D eigenvalue weighted by molar-refractivity contribution is 0.0552. The number of amides is 1. The average Bonchev–Trinajstić information content (AvgIpc) is 2.33. The van der Waals surface area contributed by atoms with Gasteiger partial charge in [-0.15, -0.1) is 0 Å². The Morgan fingerprint density at radius 1 is 1.30 bits per heavy atom. The second kappa shape index (κ2) is 6.98. The van der Waals surface area contributed by atoms with Crippen molar-refractivity contribution in [2.75, 3.05) is 18.5 Å². The number of nitrogens with one attached hydrogen (secondary N) is 1. The van der Waals surface area contributed by atoms with Gasteiger partial charge >= 0.3 is 6.09 Å². The van der Waals surface area contributed by atoms with Gasteiger partial charge in [0, 0.05) is 25.5 Å². The largest absolute Gasteiger partial charge is 0.444 e. The van der Waals surface area contributed by atoms with E-state index in [1.807, 2.05) is 33.9 Å². The number of aryl methyl sites for hydroxylation is 1. The molecule has 4 heteroatoms. The van der Waals surface area contributed by atoms with Crippen molar-refractivity contribution in [2.45, 2.75) is 33.3 Å². The van der Waals surface area contributed by atoms with Gasteiger partial charge in [-0.3, -0.25) is 5.32 Å². The lowest BCUT2D eigenvalue weighted by Gasteiger charge is -2.19. The molecule has 20 heavy (non-hydrogen) atoms. The van der Waals surface area contributed by atoms with Crippen LogP contribution in [0.25, 0.3) is 0 Å². The monoisotopic (exact) mass is 276 g/mol. The number of nitrogens with zero attached hydrogens (tertiary/aromatic N) is 1. The number of hydrogen-bond donors (Lipinski definition) is 1. The number of ether oxygens (including phenoxy) is 1. The van der Waals surface area contributed by atoms with E-state index < -0.39 is 11.7 Å². The zero-order chi connectivity index (χ0) is 15.2. The Balaban J connectivity index is 2.37. The van der Waals surface area contributed by atoms with Gasteiger partial charge in [0.2, 0.25) is 0 Å². The van der Waals surface area contributed by atoms with E-state index in [2.05, 4.69) is 41.4 Å². The molecular weight excluding hydrogens is 252 g/mol. The predicted octanol–water partition coefficient (Wildman–Crippen LogP) is 3.47. The molecule has 0 aliphatic rings. The molecule has 1 rings (SSSR count). The first-order valence-corrected chi connectivity index (χ1v) is 6.70. The standard InChI is InChI=1S/C16H24N2O2/c1-13-7-9-14(10-8-13)18(5)12-6-11-17-15(19)20-16(2,3)4/h6-11H,12H2,1-5H3,(H,17,19)/b11-6+. The van der Waals surface area contributed by atoms with Gasteiger partial charge in [-0.05, 0) is 45.9 Å². The minimum Gasteiger partial charge on any atom is -0.444 e. The number of carbonyl (C=O) groups is 1. The molecule has 110 valence electrons. The highest BCUT2D eigenvalue weighted by Crippen LogP contribution is 2.12. The molecule has 0 heterocycles. The third-order valence-electron chi connectivity index (χ3n) is 2.57. The molecule has 0 radical (unpaired) electrons. The molecule has 0 aromatic heterocycles. The lowest BCUT2D eigenvalue weighted by atomic mass is 10.2. The van der Waals surface area contributed by atoms with Gasteiger partial charge in [-0.25, -0.2) is 4.79 Å². The van der Waals surface area contributed by atoms with E-state index >= 15 is 0 Å². The van der Waals surface area contributed by atoms with E-state index in [-0.39, 0.29) is 0 Å². The molecule has 1 N–H and O–H groups in total. The van der Waals surface area contributed by atoms with Gasteiger partial charge in [-0.1, -0.05) is 17.7 Å². The fourth-order valence-corrected chi connectivity index (χ4v) is 1.55. The summed E-state index contributed by atoms with van der Waals surface area (Å²) < 4.78 is 5.13. The van der Waals surface area contributed by atoms with Crippen molar-refractivity contribution in [2.24, 2.45) is 0 Å². The molecule has 4 nitrogen and oxygen atoms in total. The smallest absolute Gasteiger partial charge is 0.411 e. The number of anilines is 1. The summed E-state index contributed by atoms with van der Waals surface area (Å²) in [6.07, 6.45) is 3.05. The lowest BCUT2D eigenvalue weighted by Crippen LogP contribution is -2.29. The summed E-state index contributed by atoms with van der Waals surface area (Å²) in [5, 5.41) is 2.59. The van der Waals surface area contributed by atoms with Crippen molar-refractivity contribution in [3.05, 3.63) is 42.1 Å². The highest BCUT2D eigenvalue weighted by atomic mass is 16.6. The molecule has 1 aromatic carbocycles. The molecule has 0 spiro atoms. The number of rotatable bonds is 4. The first kappa shape index (κ1) is 16.1. The van der Waals surface area contributed by atoms with Crippen molar-refractivity contribution in [1.29, 1.82) is 0 Å². The molecule has 0 bridgehead atoms. The summed E-state index contributed by atoms with van der Waals surface area (Å²) in [6, 6.07) is 8.30. The molecule has 0 saturated carbocycles. The summed E-state index contributed by atoms with van der Waals surface area (Å²) in [6.45, 7) is 8.28. The van der Waals surface area contributed by atoms with Crippen LogP contribution in [0.2, 0.25) is 0 Å². The van der Waals surface area contributed by atoms with Crippen molar-refractivity contribution < 1.29 is 9.53 Å². The molecule has 0 fully saturated rings. The summed E-state index contributed by atoms with van der Waals surface area (Å²) >= 11 is 0. The average molecular weight is 276 g/mol. The van der Waals surface area contributed by atoms with Gasteiger partial charge < -0.3 is 9.64 Å². The van der Waals surface area contributed by atoms with Gasteiger partial charge in [-0.2, -0.15) is 0 Å². The third-order valence-corrected chi connectivity index (χ3v) is 2.57. The maximum Gasteiger partial charge on any atom is 0.411 e. The predicted molar refractivity (Wildman–Crippen MR) is 83.0 cm³/mol.